The Labute approximate surface area is 258 Å². The number of rotatable bonds is 5. The van der Waals surface area contributed by atoms with Gasteiger partial charge in [-0.25, -0.2) is 14.8 Å². The second-order valence-corrected chi connectivity index (χ2v) is 14.2. The molecule has 0 atom stereocenters. The summed E-state index contributed by atoms with van der Waals surface area (Å²) in [5, 5.41) is 0. The summed E-state index contributed by atoms with van der Waals surface area (Å²) in [6, 6.07) is 11.9. The third-order valence-electron chi connectivity index (χ3n) is 6.10. The molecule has 1 aromatic carbocycles. The number of methoxy groups -OCH3 is 1. The molecule has 40 heavy (non-hydrogen) atoms. The Morgan fingerprint density at radius 2 is 1.75 bits per heavy atom. The number of aromatic nitrogens is 2. The maximum atomic E-state index is 12.7. The highest BCUT2D eigenvalue weighted by atomic mass is 79.9. The predicted octanol–water partition coefficient (Wildman–Crippen LogP) is 5.87. The number of anilines is 1. The Kier molecular flexibility index (Phi) is 10.5. The van der Waals surface area contributed by atoms with Crippen molar-refractivity contribution in [3.63, 3.8) is 0 Å². The van der Waals surface area contributed by atoms with E-state index in [0.29, 0.717) is 15.3 Å². The van der Waals surface area contributed by atoms with Gasteiger partial charge in [-0.2, -0.15) is 0 Å². The first-order chi connectivity index (χ1) is 19.2. The topological polar surface area (TPSA) is 83.3 Å². The van der Waals surface area contributed by atoms with Crippen molar-refractivity contribution in [3.05, 3.63) is 65.5 Å². The fraction of sp³-hybridized carbons (Fsp3) is 0.333. The van der Waals surface area contributed by atoms with Gasteiger partial charge in [-0.3, -0.25) is 9.36 Å². The first kappa shape index (κ1) is 30.4. The minimum atomic E-state index is -0.364. The number of aliphatic imine (C=N–C) groups is 1. The molecular formula is C27H30Br2N6O3S2. The summed E-state index contributed by atoms with van der Waals surface area (Å²) in [6.45, 7) is 4.33. The number of carbonyl (C=O) groups excluding carboxylic acids is 1. The summed E-state index contributed by atoms with van der Waals surface area (Å²) in [5.74, 6) is -0.364. The molecule has 1 aliphatic rings. The van der Waals surface area contributed by atoms with E-state index in [-0.39, 0.29) is 11.5 Å². The molecule has 3 aromatic heterocycles. The summed E-state index contributed by atoms with van der Waals surface area (Å²) in [5.41, 5.74) is 3.39. The Hall–Kier alpha value is -2.58. The number of esters is 1. The van der Waals surface area contributed by atoms with Crippen molar-refractivity contribution in [1.29, 1.82) is 0 Å². The van der Waals surface area contributed by atoms with Crippen molar-refractivity contribution in [3.8, 4) is 5.69 Å². The molecular weight excluding hydrogens is 680 g/mol. The van der Waals surface area contributed by atoms with Crippen molar-refractivity contribution < 1.29 is 9.53 Å². The van der Waals surface area contributed by atoms with Gasteiger partial charge in [0.15, 0.2) is 0 Å². The van der Waals surface area contributed by atoms with E-state index in [1.807, 2.05) is 32.3 Å². The van der Waals surface area contributed by atoms with E-state index in [0.717, 1.165) is 45.0 Å². The molecule has 1 aliphatic heterocycles. The van der Waals surface area contributed by atoms with E-state index in [1.165, 1.54) is 41.9 Å². The highest BCUT2D eigenvalue weighted by Crippen LogP contribution is 2.33. The lowest BCUT2D eigenvalue weighted by atomic mass is 10.2. The molecule has 1 saturated heterocycles. The Morgan fingerprint density at radius 3 is 2.45 bits per heavy atom. The Balaban J connectivity index is 0.000000212. The standard InChI is InChI=1S/C18H19BrN4OS.C9H11BrN2O2S/c1-21-7-2-8-22(10-9-21)13-3-5-14(6-4-13)23-12-20-15-11-16(19)25-17(15)18(23)24;1-12(2)5-11-6-4-7(10)15-8(6)9(13)14-3/h3-6,11-12H,2,7-10H2,1H3;4-5H,1-3H3. The molecule has 0 amide bonds. The molecule has 0 bridgehead atoms. The number of hydrogen-bond acceptors (Lipinski definition) is 9. The number of fused-ring (bicyclic) bond motifs is 1. The number of likely N-dealkylation sites (N-methyl/N-ethyl adjacent to an activating group) is 1. The monoisotopic (exact) mass is 708 g/mol. The van der Waals surface area contributed by atoms with Gasteiger partial charge >= 0.3 is 5.97 Å². The molecule has 9 nitrogen and oxygen atoms in total. The van der Waals surface area contributed by atoms with Crippen LogP contribution in [-0.4, -0.2) is 86.1 Å². The highest BCUT2D eigenvalue weighted by molar-refractivity contribution is 9.11. The van der Waals surface area contributed by atoms with Gasteiger partial charge in [-0.05, 0) is 88.3 Å². The van der Waals surface area contributed by atoms with Crippen LogP contribution >= 0.6 is 54.5 Å². The number of nitrogens with zero attached hydrogens (tertiary/aromatic N) is 6. The molecule has 1 fully saturated rings. The lowest BCUT2D eigenvalue weighted by Crippen LogP contribution is -2.28. The normalized spacial score (nSPS) is 14.2. The van der Waals surface area contributed by atoms with Gasteiger partial charge < -0.3 is 19.4 Å². The van der Waals surface area contributed by atoms with E-state index < -0.39 is 0 Å². The van der Waals surface area contributed by atoms with E-state index >= 15 is 0 Å². The molecule has 5 rings (SSSR count). The highest BCUT2D eigenvalue weighted by Gasteiger charge is 2.16. The third kappa shape index (κ3) is 7.58. The van der Waals surface area contributed by atoms with E-state index in [4.69, 9.17) is 0 Å². The predicted molar refractivity (Wildman–Crippen MR) is 172 cm³/mol. The van der Waals surface area contributed by atoms with Crippen LogP contribution in [0.5, 0.6) is 0 Å². The summed E-state index contributed by atoms with van der Waals surface area (Å²) >= 11 is 9.47. The van der Waals surface area contributed by atoms with Gasteiger partial charge in [-0.1, -0.05) is 0 Å². The Morgan fingerprint density at radius 1 is 1.05 bits per heavy atom. The molecule has 0 radical (unpaired) electrons. The van der Waals surface area contributed by atoms with Crippen LogP contribution in [0.25, 0.3) is 15.9 Å². The van der Waals surface area contributed by atoms with Crippen molar-refractivity contribution >= 4 is 88.4 Å². The van der Waals surface area contributed by atoms with E-state index in [2.05, 4.69) is 75.6 Å². The maximum Gasteiger partial charge on any atom is 0.350 e. The number of hydrogen-bond donors (Lipinski definition) is 0. The average Bonchev–Trinajstić information content (AvgIpc) is 3.43. The SMILES string of the molecule is CN1CCCN(c2ccc(-n3cnc4cc(Br)sc4c3=O)cc2)CC1.COC(=O)c1sc(Br)cc1N=CN(C)C. The number of benzene rings is 1. The number of halogens is 2. The van der Waals surface area contributed by atoms with Gasteiger partial charge in [0.25, 0.3) is 5.56 Å². The summed E-state index contributed by atoms with van der Waals surface area (Å²) in [4.78, 5) is 39.7. The van der Waals surface area contributed by atoms with Crippen molar-refractivity contribution in [2.75, 3.05) is 59.3 Å². The quantitative estimate of drug-likeness (QED) is 0.146. The number of thiophene rings is 2. The lowest BCUT2D eigenvalue weighted by Gasteiger charge is -2.23. The molecule has 212 valence electrons. The largest absolute Gasteiger partial charge is 0.465 e. The van der Waals surface area contributed by atoms with Gasteiger partial charge in [0.05, 0.1) is 37.9 Å². The fourth-order valence-corrected chi connectivity index (χ4v) is 6.98. The minimum Gasteiger partial charge on any atom is -0.465 e. The van der Waals surface area contributed by atoms with E-state index in [9.17, 15) is 9.59 Å². The molecule has 0 saturated carbocycles. The maximum absolute atomic E-state index is 12.7. The molecule has 0 spiro atoms. The van der Waals surface area contributed by atoms with Crippen LogP contribution in [0.1, 0.15) is 16.1 Å². The zero-order valence-corrected chi connectivity index (χ0v) is 27.4. The van der Waals surface area contributed by atoms with Crippen LogP contribution in [-0.2, 0) is 4.74 Å². The summed E-state index contributed by atoms with van der Waals surface area (Å²) < 4.78 is 8.73. The zero-order valence-electron chi connectivity index (χ0n) is 22.6. The lowest BCUT2D eigenvalue weighted by molar-refractivity contribution is 0.0607. The van der Waals surface area contributed by atoms with Gasteiger partial charge in [0.2, 0.25) is 0 Å². The second-order valence-electron chi connectivity index (χ2n) is 9.31. The van der Waals surface area contributed by atoms with Crippen LogP contribution in [0.4, 0.5) is 11.4 Å². The zero-order chi connectivity index (χ0) is 28.8. The van der Waals surface area contributed by atoms with Crippen LogP contribution < -0.4 is 10.5 Å². The summed E-state index contributed by atoms with van der Waals surface area (Å²) in [6.07, 6.45) is 4.42. The van der Waals surface area contributed by atoms with Crippen LogP contribution in [0, 0.1) is 0 Å². The minimum absolute atomic E-state index is 0.0233. The molecule has 0 aliphatic carbocycles. The van der Waals surface area contributed by atoms with Crippen LogP contribution in [0.15, 0.2) is 60.1 Å². The van der Waals surface area contributed by atoms with Crippen molar-refractivity contribution in [1.82, 2.24) is 19.4 Å². The smallest absolute Gasteiger partial charge is 0.350 e. The van der Waals surface area contributed by atoms with E-state index in [1.54, 1.807) is 28.2 Å². The second kappa shape index (κ2) is 13.9. The van der Waals surface area contributed by atoms with Crippen LogP contribution in [0.3, 0.4) is 0 Å². The molecule has 4 heterocycles. The summed E-state index contributed by atoms with van der Waals surface area (Å²) in [7, 11) is 7.26. The third-order valence-corrected chi connectivity index (χ3v) is 9.32. The molecule has 0 unspecified atom stereocenters. The van der Waals surface area contributed by atoms with Gasteiger partial charge in [0.1, 0.15) is 15.9 Å². The number of carbonyl (C=O) groups is 1. The first-order valence-corrected chi connectivity index (χ1v) is 15.7. The fourth-order valence-electron chi connectivity index (χ4n) is 4.06. The average molecular weight is 711 g/mol. The van der Waals surface area contributed by atoms with Crippen LogP contribution in [0.2, 0.25) is 0 Å². The molecule has 0 N–H and O–H groups in total. The molecule has 4 aromatic rings. The first-order valence-electron chi connectivity index (χ1n) is 12.4. The van der Waals surface area contributed by atoms with Crippen molar-refractivity contribution in [2.24, 2.45) is 4.99 Å². The van der Waals surface area contributed by atoms with Gasteiger partial charge in [-0.15, -0.1) is 22.7 Å². The van der Waals surface area contributed by atoms with Gasteiger partial charge in [0, 0.05) is 39.4 Å². The Bertz CT molecular complexity index is 1550. The number of ether oxygens (including phenoxy) is 1. The van der Waals surface area contributed by atoms with Crippen molar-refractivity contribution in [2.45, 2.75) is 6.42 Å². The molecule has 13 heteroatoms.